The number of halogens is 2. The monoisotopic (exact) mass is 285 g/mol. The summed E-state index contributed by atoms with van der Waals surface area (Å²) in [5, 5.41) is 8.69. The molecule has 4 nitrogen and oxygen atoms in total. The average Bonchev–Trinajstić information content (AvgIpc) is 3.04. The van der Waals surface area contributed by atoms with Crippen LogP contribution < -0.4 is 4.74 Å². The number of nitrogens with zero attached hydrogens (tertiary/aromatic N) is 1. The van der Waals surface area contributed by atoms with Crippen molar-refractivity contribution in [3.8, 4) is 5.75 Å². The summed E-state index contributed by atoms with van der Waals surface area (Å²) in [7, 11) is 0. The first kappa shape index (κ1) is 12.3. The van der Waals surface area contributed by atoms with Crippen LogP contribution in [0.1, 0.15) is 34.6 Å². The fourth-order valence-corrected chi connectivity index (χ4v) is 2.57. The molecule has 0 radical (unpaired) electrons. The Morgan fingerprint density at radius 2 is 2.21 bits per heavy atom. The number of hydrogen-bond acceptors (Lipinski definition) is 4. The van der Waals surface area contributed by atoms with Gasteiger partial charge in [-0.3, -0.25) is 0 Å². The van der Waals surface area contributed by atoms with Crippen molar-refractivity contribution in [2.24, 2.45) is 0 Å². The summed E-state index contributed by atoms with van der Waals surface area (Å²) in [6.45, 7) is 0. The summed E-state index contributed by atoms with van der Waals surface area (Å²) in [5.74, 6) is -0.838. The minimum atomic E-state index is -2.67. The van der Waals surface area contributed by atoms with Crippen LogP contribution in [-0.2, 0) is 0 Å². The minimum absolute atomic E-state index is 0.0209. The van der Waals surface area contributed by atoms with Crippen LogP contribution in [0.5, 0.6) is 5.75 Å². The molecule has 0 atom stereocenters. The van der Waals surface area contributed by atoms with Crippen molar-refractivity contribution in [3.05, 3.63) is 22.7 Å². The summed E-state index contributed by atoms with van der Waals surface area (Å²) in [4.78, 5) is 14.9. The molecule has 0 amide bonds. The zero-order valence-corrected chi connectivity index (χ0v) is 10.4. The fourth-order valence-electron chi connectivity index (χ4n) is 1.69. The lowest BCUT2D eigenvalue weighted by molar-refractivity contribution is 0.0696. The number of aromatic nitrogens is 1. The van der Waals surface area contributed by atoms with Crippen molar-refractivity contribution in [3.63, 3.8) is 0 Å². The van der Waals surface area contributed by atoms with Gasteiger partial charge >= 0.3 is 5.97 Å². The van der Waals surface area contributed by atoms with E-state index in [0.717, 1.165) is 24.2 Å². The Kier molecular flexibility index (Phi) is 2.85. The molecule has 1 aromatic carbocycles. The molecule has 19 heavy (non-hydrogen) atoms. The SMILES string of the molecule is O=C(O)c1cc(OC2CC2)c2nc(C(F)F)sc2c1. The molecular formula is C12H9F2NO3S. The predicted octanol–water partition coefficient (Wildman–Crippen LogP) is 3.47. The third-order valence-electron chi connectivity index (χ3n) is 2.73. The summed E-state index contributed by atoms with van der Waals surface area (Å²) < 4.78 is 31.3. The number of carboxylic acids is 1. The highest BCUT2D eigenvalue weighted by atomic mass is 32.1. The van der Waals surface area contributed by atoms with E-state index in [4.69, 9.17) is 9.84 Å². The fraction of sp³-hybridized carbons (Fsp3) is 0.333. The second kappa shape index (κ2) is 4.41. The van der Waals surface area contributed by atoms with Gasteiger partial charge in [0.2, 0.25) is 0 Å². The van der Waals surface area contributed by atoms with Gasteiger partial charge < -0.3 is 9.84 Å². The van der Waals surface area contributed by atoms with Gasteiger partial charge in [-0.25, -0.2) is 18.6 Å². The summed E-state index contributed by atoms with van der Waals surface area (Å²) in [6.07, 6.45) is -0.835. The van der Waals surface area contributed by atoms with Crippen molar-refractivity contribution in [1.29, 1.82) is 0 Å². The van der Waals surface area contributed by atoms with E-state index in [1.807, 2.05) is 0 Å². The molecule has 0 saturated heterocycles. The molecule has 0 unspecified atom stereocenters. The highest BCUT2D eigenvalue weighted by Gasteiger charge is 2.26. The number of hydrogen-bond donors (Lipinski definition) is 1. The van der Waals surface area contributed by atoms with Crippen LogP contribution >= 0.6 is 11.3 Å². The van der Waals surface area contributed by atoms with E-state index in [2.05, 4.69) is 4.98 Å². The van der Waals surface area contributed by atoms with Crippen molar-refractivity contribution < 1.29 is 23.4 Å². The second-order valence-electron chi connectivity index (χ2n) is 4.30. The Bertz CT molecular complexity index is 652. The molecule has 0 aliphatic heterocycles. The molecule has 0 bridgehead atoms. The lowest BCUT2D eigenvalue weighted by Gasteiger charge is -2.06. The molecule has 1 aromatic heterocycles. The van der Waals surface area contributed by atoms with Gasteiger partial charge in [0.15, 0.2) is 5.01 Å². The number of ether oxygens (including phenoxy) is 1. The average molecular weight is 285 g/mol. The van der Waals surface area contributed by atoms with Crippen LogP contribution in [0, 0.1) is 0 Å². The smallest absolute Gasteiger partial charge is 0.335 e. The van der Waals surface area contributed by atoms with Crippen LogP contribution in [0.4, 0.5) is 8.78 Å². The van der Waals surface area contributed by atoms with Crippen LogP contribution in [0.15, 0.2) is 12.1 Å². The molecule has 1 N–H and O–H groups in total. The molecule has 7 heteroatoms. The first-order valence-corrected chi connectivity index (χ1v) is 6.49. The number of aromatic carboxylic acids is 1. The summed E-state index contributed by atoms with van der Waals surface area (Å²) >= 11 is 0.794. The molecule has 0 spiro atoms. The first-order valence-electron chi connectivity index (χ1n) is 5.67. The second-order valence-corrected chi connectivity index (χ2v) is 5.36. The standard InChI is InChI=1S/C12H9F2NO3S/c13-10(14)11-15-9-7(18-6-1-2-6)3-5(12(16)17)4-8(9)19-11/h3-4,6,10H,1-2H2,(H,16,17). The molecule has 100 valence electrons. The largest absolute Gasteiger partial charge is 0.488 e. The Morgan fingerprint density at radius 3 is 2.79 bits per heavy atom. The van der Waals surface area contributed by atoms with Crippen molar-refractivity contribution in [2.45, 2.75) is 25.4 Å². The van der Waals surface area contributed by atoms with Crippen molar-refractivity contribution in [1.82, 2.24) is 4.98 Å². The number of carboxylic acid groups (broad SMARTS) is 1. The molecule has 1 saturated carbocycles. The van der Waals surface area contributed by atoms with Crippen LogP contribution in [-0.4, -0.2) is 22.2 Å². The summed E-state index contributed by atoms with van der Waals surface area (Å²) in [5.41, 5.74) is 0.338. The normalized spacial score (nSPS) is 15.1. The van der Waals surface area contributed by atoms with E-state index in [1.54, 1.807) is 0 Å². The van der Waals surface area contributed by atoms with Gasteiger partial charge in [0.05, 0.1) is 16.4 Å². The highest BCUT2D eigenvalue weighted by Crippen LogP contribution is 2.37. The first-order chi connectivity index (χ1) is 9.04. The Balaban J connectivity index is 2.14. The Morgan fingerprint density at radius 1 is 1.47 bits per heavy atom. The van der Waals surface area contributed by atoms with E-state index < -0.39 is 12.4 Å². The Hall–Kier alpha value is -1.76. The van der Waals surface area contributed by atoms with Crippen LogP contribution in [0.25, 0.3) is 10.2 Å². The lowest BCUT2D eigenvalue weighted by atomic mass is 10.2. The number of carbonyl (C=O) groups is 1. The van der Waals surface area contributed by atoms with E-state index in [9.17, 15) is 13.6 Å². The number of fused-ring (bicyclic) bond motifs is 1. The molecule has 3 rings (SSSR count). The minimum Gasteiger partial charge on any atom is -0.488 e. The number of thiazole rings is 1. The van der Waals surface area contributed by atoms with Crippen LogP contribution in [0.2, 0.25) is 0 Å². The quantitative estimate of drug-likeness (QED) is 0.934. The third-order valence-corrected chi connectivity index (χ3v) is 3.74. The van der Waals surface area contributed by atoms with E-state index in [-0.39, 0.29) is 22.4 Å². The van der Waals surface area contributed by atoms with Gasteiger partial charge in [0.1, 0.15) is 11.3 Å². The molecular weight excluding hydrogens is 276 g/mol. The molecule has 1 fully saturated rings. The van der Waals surface area contributed by atoms with Crippen LogP contribution in [0.3, 0.4) is 0 Å². The maximum atomic E-state index is 12.7. The van der Waals surface area contributed by atoms with Crippen molar-refractivity contribution >= 4 is 27.5 Å². The highest BCUT2D eigenvalue weighted by molar-refractivity contribution is 7.18. The Labute approximate surface area is 110 Å². The van der Waals surface area contributed by atoms with E-state index in [0.29, 0.717) is 10.2 Å². The van der Waals surface area contributed by atoms with Gasteiger partial charge in [-0.1, -0.05) is 0 Å². The van der Waals surface area contributed by atoms with E-state index in [1.165, 1.54) is 12.1 Å². The van der Waals surface area contributed by atoms with Gasteiger partial charge in [-0.15, -0.1) is 11.3 Å². The number of rotatable bonds is 4. The van der Waals surface area contributed by atoms with Gasteiger partial charge in [-0.2, -0.15) is 0 Å². The lowest BCUT2D eigenvalue weighted by Crippen LogP contribution is -2.01. The molecule has 1 aliphatic carbocycles. The maximum absolute atomic E-state index is 12.7. The van der Waals surface area contributed by atoms with Crippen molar-refractivity contribution in [2.75, 3.05) is 0 Å². The van der Waals surface area contributed by atoms with Gasteiger partial charge in [-0.05, 0) is 25.0 Å². The number of alkyl halides is 2. The predicted molar refractivity (Wildman–Crippen MR) is 65.2 cm³/mol. The zero-order valence-electron chi connectivity index (χ0n) is 9.60. The summed E-state index contributed by atoms with van der Waals surface area (Å²) in [6, 6.07) is 2.69. The topological polar surface area (TPSA) is 59.4 Å². The van der Waals surface area contributed by atoms with Gasteiger partial charge in [0.25, 0.3) is 6.43 Å². The molecule has 2 aromatic rings. The molecule has 1 heterocycles. The number of benzene rings is 1. The van der Waals surface area contributed by atoms with E-state index >= 15 is 0 Å². The molecule has 1 aliphatic rings. The zero-order chi connectivity index (χ0) is 13.6. The third kappa shape index (κ3) is 2.37. The van der Waals surface area contributed by atoms with Gasteiger partial charge in [0, 0.05) is 0 Å². The maximum Gasteiger partial charge on any atom is 0.335 e.